The Hall–Kier alpha value is 0.150. The lowest BCUT2D eigenvalue weighted by Crippen LogP contribution is -2.30. The van der Waals surface area contributed by atoms with E-state index in [1.54, 1.807) is 0 Å². The second-order valence-corrected chi connectivity index (χ2v) is 10.4. The average molecular weight is 292 g/mol. The van der Waals surface area contributed by atoms with Gasteiger partial charge in [0.05, 0.1) is 17.9 Å². The van der Waals surface area contributed by atoms with Crippen LogP contribution in [-0.2, 0) is 13.6 Å². The molecular weight excluding hydrogens is 259 g/mol. The van der Waals surface area contributed by atoms with Crippen LogP contribution >= 0.6 is 7.60 Å². The van der Waals surface area contributed by atoms with Gasteiger partial charge in [0.1, 0.15) is 0 Å². The zero-order valence-electron chi connectivity index (χ0n) is 14.4. The predicted octanol–water partition coefficient (Wildman–Crippen LogP) is 5.49. The van der Waals surface area contributed by atoms with Crippen LogP contribution in [0.25, 0.3) is 0 Å². The summed E-state index contributed by atoms with van der Waals surface area (Å²) < 4.78 is 24.7. The maximum absolute atomic E-state index is 13.0. The second-order valence-electron chi connectivity index (χ2n) is 7.86. The third kappa shape index (κ3) is 5.97. The molecule has 0 aliphatic rings. The SMILES string of the molecule is CC(OP(=O)(OC(C)C(C)(C)C)C(C)C)C(C)(C)C. The normalized spacial score (nSPS) is 20.2. The lowest BCUT2D eigenvalue weighted by molar-refractivity contribution is 0.0362. The monoisotopic (exact) mass is 292 g/mol. The van der Waals surface area contributed by atoms with Gasteiger partial charge in [-0.2, -0.15) is 0 Å². The lowest BCUT2D eigenvalue weighted by Gasteiger charge is -2.36. The third-order valence-electron chi connectivity index (χ3n) is 3.68. The summed E-state index contributed by atoms with van der Waals surface area (Å²) in [6.45, 7) is 20.2. The molecule has 0 rings (SSSR count). The summed E-state index contributed by atoms with van der Waals surface area (Å²) >= 11 is 0. The van der Waals surface area contributed by atoms with Gasteiger partial charge in [-0.3, -0.25) is 4.57 Å². The molecule has 0 aromatic carbocycles. The topological polar surface area (TPSA) is 35.5 Å². The first-order valence-corrected chi connectivity index (χ1v) is 8.78. The first-order chi connectivity index (χ1) is 8.20. The summed E-state index contributed by atoms with van der Waals surface area (Å²) in [6, 6.07) is 0. The Kier molecular flexibility index (Phi) is 6.33. The summed E-state index contributed by atoms with van der Waals surface area (Å²) in [5.74, 6) is 0. The Labute approximate surface area is 120 Å². The van der Waals surface area contributed by atoms with E-state index >= 15 is 0 Å². The van der Waals surface area contributed by atoms with Gasteiger partial charge in [0.15, 0.2) is 0 Å². The molecule has 0 aromatic heterocycles. The van der Waals surface area contributed by atoms with Crippen molar-refractivity contribution in [2.24, 2.45) is 10.8 Å². The van der Waals surface area contributed by atoms with E-state index in [-0.39, 0.29) is 28.7 Å². The van der Waals surface area contributed by atoms with Crippen molar-refractivity contribution in [1.29, 1.82) is 0 Å². The summed E-state index contributed by atoms with van der Waals surface area (Å²) in [6.07, 6.45) is -0.235. The standard InChI is InChI=1S/C15H33O3P/c1-11(2)19(16,17-12(3)14(5,6)7)18-13(4)15(8,9)10/h11-13H,1-10H3. The van der Waals surface area contributed by atoms with E-state index in [1.165, 1.54) is 0 Å². The minimum absolute atomic E-state index is 0.0567. The van der Waals surface area contributed by atoms with Gasteiger partial charge in [-0.25, -0.2) is 0 Å². The van der Waals surface area contributed by atoms with Gasteiger partial charge in [0, 0.05) is 0 Å². The molecule has 4 heteroatoms. The highest BCUT2D eigenvalue weighted by Gasteiger charge is 2.38. The van der Waals surface area contributed by atoms with Crippen LogP contribution < -0.4 is 0 Å². The quantitative estimate of drug-likeness (QED) is 0.628. The molecule has 0 fully saturated rings. The largest absolute Gasteiger partial charge is 0.333 e. The molecular formula is C15H33O3P. The summed E-state index contributed by atoms with van der Waals surface area (Å²) in [7, 11) is -3.10. The van der Waals surface area contributed by atoms with Crippen LogP contribution in [0.1, 0.15) is 69.2 Å². The molecule has 0 aliphatic heterocycles. The van der Waals surface area contributed by atoms with Crippen LogP contribution in [0.3, 0.4) is 0 Å². The van der Waals surface area contributed by atoms with Gasteiger partial charge < -0.3 is 9.05 Å². The zero-order valence-corrected chi connectivity index (χ0v) is 15.3. The summed E-state index contributed by atoms with van der Waals surface area (Å²) in [4.78, 5) is 0. The molecule has 0 spiro atoms. The van der Waals surface area contributed by atoms with Crippen LogP contribution in [0, 0.1) is 10.8 Å². The van der Waals surface area contributed by atoms with Crippen molar-refractivity contribution in [1.82, 2.24) is 0 Å². The van der Waals surface area contributed by atoms with Gasteiger partial charge >= 0.3 is 7.60 Å². The van der Waals surface area contributed by atoms with Crippen molar-refractivity contribution in [3.05, 3.63) is 0 Å². The molecule has 0 aromatic rings. The molecule has 3 nitrogen and oxygen atoms in total. The minimum Gasteiger partial charge on any atom is -0.305 e. The van der Waals surface area contributed by atoms with Crippen molar-refractivity contribution in [2.45, 2.75) is 87.1 Å². The Morgan fingerprint density at radius 2 is 1.00 bits per heavy atom. The molecule has 0 radical (unpaired) electrons. The van der Waals surface area contributed by atoms with E-state index in [2.05, 4.69) is 41.5 Å². The van der Waals surface area contributed by atoms with Crippen molar-refractivity contribution in [2.75, 3.05) is 0 Å². The van der Waals surface area contributed by atoms with Gasteiger partial charge in [-0.05, 0) is 24.7 Å². The van der Waals surface area contributed by atoms with E-state index in [0.29, 0.717) is 0 Å². The van der Waals surface area contributed by atoms with Crippen LogP contribution in [0.5, 0.6) is 0 Å². The molecule has 2 unspecified atom stereocenters. The molecule has 19 heavy (non-hydrogen) atoms. The smallest absolute Gasteiger partial charge is 0.305 e. The fourth-order valence-electron chi connectivity index (χ4n) is 1.03. The average Bonchev–Trinajstić information content (AvgIpc) is 2.13. The Morgan fingerprint density at radius 1 is 0.737 bits per heavy atom. The Bertz CT molecular complexity index is 297. The van der Waals surface area contributed by atoms with Crippen LogP contribution in [0.15, 0.2) is 0 Å². The molecule has 0 N–H and O–H groups in total. The van der Waals surface area contributed by atoms with Crippen molar-refractivity contribution < 1.29 is 13.6 Å². The minimum atomic E-state index is -3.10. The zero-order chi connectivity index (χ0) is 15.6. The maximum atomic E-state index is 13.0. The maximum Gasteiger partial charge on any atom is 0.333 e. The molecule has 2 atom stereocenters. The lowest BCUT2D eigenvalue weighted by atomic mass is 9.91. The summed E-state index contributed by atoms with van der Waals surface area (Å²) in [5.41, 5.74) is -0.250. The molecule has 116 valence electrons. The van der Waals surface area contributed by atoms with Crippen molar-refractivity contribution in [3.8, 4) is 0 Å². The third-order valence-corrected chi connectivity index (χ3v) is 6.17. The highest BCUT2D eigenvalue weighted by atomic mass is 31.2. The highest BCUT2D eigenvalue weighted by Crippen LogP contribution is 2.57. The van der Waals surface area contributed by atoms with Gasteiger partial charge in [-0.1, -0.05) is 55.4 Å². The molecule has 0 saturated carbocycles. The van der Waals surface area contributed by atoms with E-state index in [4.69, 9.17) is 9.05 Å². The fraction of sp³-hybridized carbons (Fsp3) is 1.00. The van der Waals surface area contributed by atoms with Crippen LogP contribution in [-0.4, -0.2) is 17.9 Å². The van der Waals surface area contributed by atoms with Gasteiger partial charge in [0.25, 0.3) is 0 Å². The van der Waals surface area contributed by atoms with Crippen LogP contribution in [0.2, 0.25) is 0 Å². The van der Waals surface area contributed by atoms with E-state index < -0.39 is 7.60 Å². The Morgan fingerprint density at radius 3 is 1.16 bits per heavy atom. The van der Waals surface area contributed by atoms with E-state index in [1.807, 2.05) is 27.7 Å². The Balaban J connectivity index is 5.04. The summed E-state index contributed by atoms with van der Waals surface area (Å²) in [5, 5.41) is 0. The first-order valence-electron chi connectivity index (χ1n) is 7.16. The van der Waals surface area contributed by atoms with Gasteiger partial charge in [-0.15, -0.1) is 0 Å². The van der Waals surface area contributed by atoms with Crippen LogP contribution in [0.4, 0.5) is 0 Å². The first kappa shape index (κ1) is 19.1. The number of hydrogen-bond donors (Lipinski definition) is 0. The fourth-order valence-corrected chi connectivity index (χ4v) is 3.08. The number of hydrogen-bond acceptors (Lipinski definition) is 3. The van der Waals surface area contributed by atoms with E-state index in [0.717, 1.165) is 0 Å². The molecule has 0 aliphatic carbocycles. The molecule has 0 saturated heterocycles. The van der Waals surface area contributed by atoms with E-state index in [9.17, 15) is 4.57 Å². The van der Waals surface area contributed by atoms with Crippen molar-refractivity contribution >= 4 is 7.60 Å². The number of rotatable bonds is 5. The van der Waals surface area contributed by atoms with Gasteiger partial charge in [0.2, 0.25) is 0 Å². The molecule has 0 bridgehead atoms. The molecule has 0 amide bonds. The second kappa shape index (κ2) is 6.28. The highest BCUT2D eigenvalue weighted by molar-refractivity contribution is 7.54. The van der Waals surface area contributed by atoms with Crippen molar-refractivity contribution in [3.63, 3.8) is 0 Å². The predicted molar refractivity (Wildman–Crippen MR) is 82.7 cm³/mol. The molecule has 0 heterocycles.